The second-order valence-electron chi connectivity index (χ2n) is 1.22. The predicted molar refractivity (Wildman–Crippen MR) is 45.6 cm³/mol. The SMILES string of the molecule is PCN(CP)CP.[Ar].[Ar].[Ar].[Ar].[Ar].[Ar].[Cu].[Y]. The first-order chi connectivity index (χ1) is 3.35. The Hall–Kier alpha value is 10.4. The summed E-state index contributed by atoms with van der Waals surface area (Å²) < 4.78 is 0. The maximum atomic E-state index is 2.68. The van der Waals surface area contributed by atoms with Crippen molar-refractivity contribution in [2.75, 3.05) is 18.9 Å². The summed E-state index contributed by atoms with van der Waals surface area (Å²) in [5.41, 5.74) is 0. The summed E-state index contributed by atoms with van der Waals surface area (Å²) in [5.74, 6) is 0. The minimum atomic E-state index is 0. The standard InChI is InChI=1S/C3H12NP3.6Ar.Cu.Y/c5-1-4(2-6)3-7;;;;;;;;/h1-3,5-7H2;;;;;;;;. The van der Waals surface area contributed by atoms with Crippen LogP contribution in [-0.4, -0.2) is 23.8 Å². The molecule has 0 aliphatic heterocycles. The molecule has 0 aromatic heterocycles. The molecule has 3 atom stereocenters. The summed E-state index contributed by atoms with van der Waals surface area (Å²) in [6.45, 7) is 0. The summed E-state index contributed by atoms with van der Waals surface area (Å²) in [6, 6.07) is 0. The third-order valence-electron chi connectivity index (χ3n) is 0.775. The normalized spacial score (nSPS) is 4.80. The van der Waals surface area contributed by atoms with E-state index in [0.717, 1.165) is 18.9 Å². The second-order valence-corrected chi connectivity index (χ2v) is 2.31. The Labute approximate surface area is 317 Å². The van der Waals surface area contributed by atoms with E-state index < -0.39 is 0 Å². The predicted octanol–water partition coefficient (Wildman–Crippen LogP) is 0.781. The smallest absolute Gasteiger partial charge is 0.0133 e. The van der Waals surface area contributed by atoms with Gasteiger partial charge in [-0.25, -0.2) is 0 Å². The molecule has 0 N–H and O–H groups in total. The van der Waals surface area contributed by atoms with Crippen molar-refractivity contribution in [3.8, 4) is 0 Å². The van der Waals surface area contributed by atoms with Gasteiger partial charge < -0.3 is 0 Å². The fourth-order valence-electron chi connectivity index (χ4n) is 0.224. The molecule has 3 unspecified atom stereocenters. The molecular weight excluding hydrogens is 535 g/mol. The topological polar surface area (TPSA) is 3.24 Å². The Balaban J connectivity index is -0.00000000643. The van der Waals surface area contributed by atoms with E-state index >= 15 is 0 Å². The van der Waals surface area contributed by atoms with E-state index in [9.17, 15) is 0 Å². The second kappa shape index (κ2) is 49.7. The van der Waals surface area contributed by atoms with Gasteiger partial charge in [-0.15, -0.1) is 27.7 Å². The minimum absolute atomic E-state index is 0. The average molecular weight is 547 g/mol. The largest absolute Gasteiger partial charge is 0.293 e. The number of hydrogen-bond acceptors (Lipinski definition) is 1. The molecule has 0 aromatic carbocycles. The molecule has 0 aliphatic carbocycles. The molecule has 2 radical (unpaired) electrons. The summed E-state index contributed by atoms with van der Waals surface area (Å²) in [4.78, 5) is 2.26. The first-order valence-electron chi connectivity index (χ1n) is 2.17. The fourth-order valence-corrected chi connectivity index (χ4v) is 2.01. The molecule has 0 fully saturated rings. The molecule has 12 heteroatoms. The van der Waals surface area contributed by atoms with Gasteiger partial charge in [0.2, 0.25) is 0 Å². The summed E-state index contributed by atoms with van der Waals surface area (Å²) in [7, 11) is 8.05. The van der Waals surface area contributed by atoms with Gasteiger partial charge in [-0.3, -0.25) is 4.90 Å². The van der Waals surface area contributed by atoms with Gasteiger partial charge in [-0.2, -0.15) is 0 Å². The Morgan fingerprint density at radius 2 is 0.733 bits per heavy atom. The van der Waals surface area contributed by atoms with Crippen molar-refractivity contribution in [1.29, 1.82) is 0 Å². The molecule has 0 rings (SSSR count). The van der Waals surface area contributed by atoms with Crippen LogP contribution in [0.5, 0.6) is 0 Å². The van der Waals surface area contributed by atoms with E-state index in [2.05, 4.69) is 32.6 Å². The molecule has 0 aliphatic rings. The quantitative estimate of drug-likeness (QED) is 0.374. The summed E-state index contributed by atoms with van der Waals surface area (Å²) in [5, 5.41) is 0. The van der Waals surface area contributed by atoms with Crippen LogP contribution in [-0.2, 0) is 49.8 Å². The van der Waals surface area contributed by atoms with E-state index in [-0.39, 0.29) is 276 Å². The molecule has 1 nitrogen and oxygen atoms in total. The van der Waals surface area contributed by atoms with Crippen LogP contribution in [0, 0.1) is 226 Å². The third kappa shape index (κ3) is 45.5. The van der Waals surface area contributed by atoms with Crippen LogP contribution < -0.4 is 0 Å². The monoisotopic (exact) mass is 547 g/mol. The van der Waals surface area contributed by atoms with Crippen molar-refractivity contribution in [2.24, 2.45) is 0 Å². The molecule has 0 amide bonds. The molecule has 0 saturated carbocycles. The maximum Gasteiger partial charge on any atom is 0.0133 e. The van der Waals surface area contributed by atoms with E-state index in [1.165, 1.54) is 0 Å². The van der Waals surface area contributed by atoms with Crippen molar-refractivity contribution < 1.29 is 276 Å². The fraction of sp³-hybridized carbons (Fsp3) is 1.00. The molecule has 0 heterocycles. The van der Waals surface area contributed by atoms with Crippen molar-refractivity contribution in [3.05, 3.63) is 0 Å². The first kappa shape index (κ1) is 56.2. The number of rotatable bonds is 3. The van der Waals surface area contributed by atoms with Crippen LogP contribution in [0.2, 0.25) is 0 Å². The molecular formula is C3H12Ar6CuNP3Y. The zero-order chi connectivity index (χ0) is 5.70. The van der Waals surface area contributed by atoms with Crippen LogP contribution >= 0.6 is 27.7 Å². The zero-order valence-electron chi connectivity index (χ0n) is 7.30. The van der Waals surface area contributed by atoms with E-state index in [0.29, 0.717) is 0 Å². The van der Waals surface area contributed by atoms with Gasteiger partial charge in [0.05, 0.1) is 0 Å². The minimum Gasteiger partial charge on any atom is -0.293 e. The number of nitrogens with zero attached hydrogens (tertiary/aromatic N) is 1. The van der Waals surface area contributed by atoms with Gasteiger partial charge in [0.25, 0.3) is 0 Å². The van der Waals surface area contributed by atoms with Crippen LogP contribution in [0.15, 0.2) is 0 Å². The van der Waals surface area contributed by atoms with Gasteiger partial charge in [-0.05, 0) is 0 Å². The maximum absolute atomic E-state index is 2.68. The van der Waals surface area contributed by atoms with Gasteiger partial charge in [0, 0.05) is 295 Å². The van der Waals surface area contributed by atoms with Crippen molar-refractivity contribution in [2.45, 2.75) is 0 Å². The van der Waals surface area contributed by atoms with Crippen LogP contribution in [0.3, 0.4) is 0 Å². The summed E-state index contributed by atoms with van der Waals surface area (Å²) in [6.07, 6.45) is 3.19. The van der Waals surface area contributed by atoms with Gasteiger partial charge in [0.15, 0.2) is 0 Å². The van der Waals surface area contributed by atoms with Gasteiger partial charge in [-0.1, -0.05) is 0 Å². The molecule has 15 heavy (non-hydrogen) atoms. The Kier molecular flexibility index (Phi) is 186. The van der Waals surface area contributed by atoms with Gasteiger partial charge >= 0.3 is 0 Å². The van der Waals surface area contributed by atoms with E-state index in [1.54, 1.807) is 0 Å². The summed E-state index contributed by atoms with van der Waals surface area (Å²) >= 11 is 0. The van der Waals surface area contributed by atoms with Crippen molar-refractivity contribution in [1.82, 2.24) is 4.90 Å². The number of hydrogen-bond donors (Lipinski definition) is 0. The van der Waals surface area contributed by atoms with Crippen molar-refractivity contribution >= 4 is 27.7 Å². The van der Waals surface area contributed by atoms with Crippen LogP contribution in [0.25, 0.3) is 0 Å². The molecule has 0 saturated heterocycles. The van der Waals surface area contributed by atoms with E-state index in [1.807, 2.05) is 0 Å². The Morgan fingerprint density at radius 3 is 0.733 bits per heavy atom. The molecule has 106 valence electrons. The third-order valence-corrected chi connectivity index (χ3v) is 2.32. The molecule has 0 bridgehead atoms. The van der Waals surface area contributed by atoms with Crippen LogP contribution in [0.4, 0.5) is 0 Å². The first-order valence-corrected chi connectivity index (χ1v) is 4.62. The zero-order valence-corrected chi connectivity index (χ0v) is 18.8. The molecule has 0 spiro atoms. The van der Waals surface area contributed by atoms with Gasteiger partial charge in [0.1, 0.15) is 0 Å². The van der Waals surface area contributed by atoms with Crippen molar-refractivity contribution in [3.63, 3.8) is 0 Å². The molecule has 0 aromatic rings. The Morgan fingerprint density at radius 1 is 0.600 bits per heavy atom. The van der Waals surface area contributed by atoms with E-state index in [4.69, 9.17) is 0 Å². The average Bonchev–Trinajstić information content (AvgIpc) is 1.72. The Bertz CT molecular complexity index is 55.1. The van der Waals surface area contributed by atoms with Crippen LogP contribution in [0.1, 0.15) is 0 Å².